The van der Waals surface area contributed by atoms with E-state index in [0.717, 1.165) is 30.4 Å². The molecule has 0 aromatic heterocycles. The summed E-state index contributed by atoms with van der Waals surface area (Å²) in [5.74, 6) is 0.169. The second kappa shape index (κ2) is 4.91. The van der Waals surface area contributed by atoms with E-state index in [0.29, 0.717) is 6.42 Å². The summed E-state index contributed by atoms with van der Waals surface area (Å²) in [7, 11) is 0. The minimum atomic E-state index is -0.426. The van der Waals surface area contributed by atoms with E-state index in [1.54, 1.807) is 18.2 Å². The lowest BCUT2D eigenvalue weighted by molar-refractivity contribution is -0.384. The first-order valence-corrected chi connectivity index (χ1v) is 5.65. The molecule has 0 aliphatic heterocycles. The van der Waals surface area contributed by atoms with Crippen molar-refractivity contribution in [3.8, 4) is 0 Å². The molecule has 1 fully saturated rings. The van der Waals surface area contributed by atoms with Crippen molar-refractivity contribution < 1.29 is 9.72 Å². The van der Waals surface area contributed by atoms with Crippen LogP contribution >= 0.6 is 0 Å². The van der Waals surface area contributed by atoms with Gasteiger partial charge in [0, 0.05) is 18.6 Å². The van der Waals surface area contributed by atoms with E-state index in [-0.39, 0.29) is 11.5 Å². The van der Waals surface area contributed by atoms with Crippen molar-refractivity contribution >= 4 is 17.5 Å². The van der Waals surface area contributed by atoms with Crippen LogP contribution in [0.3, 0.4) is 0 Å². The molecule has 0 N–H and O–H groups in total. The fourth-order valence-corrected chi connectivity index (χ4v) is 1.98. The maximum Gasteiger partial charge on any atom is 0.270 e. The van der Waals surface area contributed by atoms with Crippen LogP contribution in [0.2, 0.25) is 0 Å². The average molecular weight is 231 g/mol. The number of carbonyl (C=O) groups excluding carboxylic acids is 1. The number of non-ortho nitro benzene ring substituents is 1. The third kappa shape index (κ3) is 2.78. The molecule has 0 heterocycles. The summed E-state index contributed by atoms with van der Waals surface area (Å²) in [6.45, 7) is 0. The lowest BCUT2D eigenvalue weighted by Gasteiger charge is -2.12. The molecule has 1 saturated carbocycles. The van der Waals surface area contributed by atoms with Crippen LogP contribution in [0.4, 0.5) is 5.69 Å². The van der Waals surface area contributed by atoms with E-state index in [9.17, 15) is 14.9 Å². The summed E-state index contributed by atoms with van der Waals surface area (Å²) in [5.41, 5.74) is 1.57. The van der Waals surface area contributed by atoms with E-state index in [4.69, 9.17) is 0 Å². The van der Waals surface area contributed by atoms with E-state index in [2.05, 4.69) is 0 Å². The molecule has 0 atom stereocenters. The zero-order valence-corrected chi connectivity index (χ0v) is 9.39. The zero-order chi connectivity index (χ0) is 12.3. The summed E-state index contributed by atoms with van der Waals surface area (Å²) in [4.78, 5) is 21.8. The number of Topliss-reactive ketones (excluding diaryl/α,β-unsaturated/α-hetero) is 1. The van der Waals surface area contributed by atoms with Gasteiger partial charge in [-0.15, -0.1) is 0 Å². The molecule has 88 valence electrons. The number of nitrogens with zero attached hydrogens (tertiary/aromatic N) is 1. The van der Waals surface area contributed by atoms with Crippen LogP contribution in [0.25, 0.3) is 6.08 Å². The highest BCUT2D eigenvalue weighted by molar-refractivity contribution is 6.00. The Bertz CT molecular complexity index is 491. The van der Waals surface area contributed by atoms with Crippen LogP contribution in [-0.2, 0) is 4.79 Å². The first kappa shape index (κ1) is 11.5. The predicted molar refractivity (Wildman–Crippen MR) is 64.5 cm³/mol. The monoisotopic (exact) mass is 231 g/mol. The van der Waals surface area contributed by atoms with Crippen LogP contribution in [0.5, 0.6) is 0 Å². The van der Waals surface area contributed by atoms with Gasteiger partial charge in [0.05, 0.1) is 4.92 Å². The maximum atomic E-state index is 11.6. The van der Waals surface area contributed by atoms with Crippen molar-refractivity contribution in [2.45, 2.75) is 25.7 Å². The number of hydrogen-bond donors (Lipinski definition) is 0. The van der Waals surface area contributed by atoms with Crippen LogP contribution < -0.4 is 0 Å². The van der Waals surface area contributed by atoms with Crippen molar-refractivity contribution in [3.63, 3.8) is 0 Å². The number of allylic oxidation sites excluding steroid dienone is 1. The third-order valence-electron chi connectivity index (χ3n) is 2.88. The molecule has 0 radical (unpaired) electrons. The van der Waals surface area contributed by atoms with Gasteiger partial charge in [-0.05, 0) is 36.5 Å². The first-order valence-electron chi connectivity index (χ1n) is 5.65. The first-order chi connectivity index (χ1) is 8.16. The summed E-state index contributed by atoms with van der Waals surface area (Å²) in [5, 5.41) is 10.6. The van der Waals surface area contributed by atoms with Gasteiger partial charge in [0.1, 0.15) is 0 Å². The molecular formula is C13H13NO3. The smallest absolute Gasteiger partial charge is 0.270 e. The summed E-state index contributed by atoms with van der Waals surface area (Å²) >= 11 is 0. The molecule has 0 spiro atoms. The molecule has 4 heteroatoms. The molecule has 4 nitrogen and oxygen atoms in total. The zero-order valence-electron chi connectivity index (χ0n) is 9.39. The number of rotatable bonds is 2. The van der Waals surface area contributed by atoms with E-state index < -0.39 is 4.92 Å². The summed E-state index contributed by atoms with van der Waals surface area (Å²) in [6, 6.07) is 6.36. The van der Waals surface area contributed by atoms with Gasteiger partial charge in [0.25, 0.3) is 5.69 Å². The number of carbonyl (C=O) groups is 1. The number of nitro groups is 1. The quantitative estimate of drug-likeness (QED) is 0.446. The lowest BCUT2D eigenvalue weighted by atomic mass is 9.92. The molecular weight excluding hydrogens is 218 g/mol. The van der Waals surface area contributed by atoms with Crippen molar-refractivity contribution in [2.24, 2.45) is 0 Å². The Kier molecular flexibility index (Phi) is 3.32. The van der Waals surface area contributed by atoms with Gasteiger partial charge in [0.2, 0.25) is 0 Å². The Morgan fingerprint density at radius 2 is 2.00 bits per heavy atom. The van der Waals surface area contributed by atoms with Crippen molar-refractivity contribution in [1.82, 2.24) is 0 Å². The molecule has 0 bridgehead atoms. The van der Waals surface area contributed by atoms with Gasteiger partial charge >= 0.3 is 0 Å². The average Bonchev–Trinajstić information content (AvgIpc) is 2.32. The highest BCUT2D eigenvalue weighted by Crippen LogP contribution is 2.23. The van der Waals surface area contributed by atoms with Gasteiger partial charge in [-0.3, -0.25) is 14.9 Å². The molecule has 1 aliphatic carbocycles. The van der Waals surface area contributed by atoms with Crippen LogP contribution in [0.1, 0.15) is 31.2 Å². The normalized spacial score (nSPS) is 18.4. The molecule has 17 heavy (non-hydrogen) atoms. The fraction of sp³-hybridized carbons (Fsp3) is 0.308. The number of hydrogen-bond acceptors (Lipinski definition) is 3. The van der Waals surface area contributed by atoms with Gasteiger partial charge in [0.15, 0.2) is 5.78 Å². The van der Waals surface area contributed by atoms with E-state index in [1.165, 1.54) is 12.1 Å². The maximum absolute atomic E-state index is 11.6. The third-order valence-corrected chi connectivity index (χ3v) is 2.88. The SMILES string of the molecule is O=C1CCCC/C1=C\c1cccc([N+](=O)[O-])c1. The van der Waals surface area contributed by atoms with Crippen molar-refractivity contribution in [2.75, 3.05) is 0 Å². The minimum Gasteiger partial charge on any atom is -0.295 e. The van der Waals surface area contributed by atoms with Gasteiger partial charge < -0.3 is 0 Å². The molecule has 1 aromatic carbocycles. The fourth-order valence-electron chi connectivity index (χ4n) is 1.98. The number of benzene rings is 1. The standard InChI is InChI=1S/C13H13NO3/c15-13-7-2-1-5-11(13)8-10-4-3-6-12(9-10)14(16)17/h3-4,6,8-9H,1-2,5,7H2/b11-8+. The second-order valence-corrected chi connectivity index (χ2v) is 4.15. The Hall–Kier alpha value is -1.97. The van der Waals surface area contributed by atoms with Crippen LogP contribution in [0.15, 0.2) is 29.8 Å². The Morgan fingerprint density at radius 3 is 2.71 bits per heavy atom. The van der Waals surface area contributed by atoms with E-state index in [1.807, 2.05) is 0 Å². The van der Waals surface area contributed by atoms with Crippen LogP contribution in [-0.4, -0.2) is 10.7 Å². The summed E-state index contributed by atoms with van der Waals surface area (Å²) in [6.07, 6.45) is 5.12. The number of ketones is 1. The largest absolute Gasteiger partial charge is 0.295 e. The second-order valence-electron chi connectivity index (χ2n) is 4.15. The van der Waals surface area contributed by atoms with Crippen molar-refractivity contribution in [1.29, 1.82) is 0 Å². The summed E-state index contributed by atoms with van der Waals surface area (Å²) < 4.78 is 0. The minimum absolute atomic E-state index is 0.0580. The predicted octanol–water partition coefficient (Wildman–Crippen LogP) is 3.12. The highest BCUT2D eigenvalue weighted by Gasteiger charge is 2.15. The van der Waals surface area contributed by atoms with Gasteiger partial charge in [-0.25, -0.2) is 0 Å². The molecule has 0 amide bonds. The Labute approximate surface area is 99.1 Å². The van der Waals surface area contributed by atoms with Gasteiger partial charge in [-0.2, -0.15) is 0 Å². The highest BCUT2D eigenvalue weighted by atomic mass is 16.6. The Morgan fingerprint density at radius 1 is 1.24 bits per heavy atom. The lowest BCUT2D eigenvalue weighted by Crippen LogP contribution is -2.07. The molecule has 2 rings (SSSR count). The van der Waals surface area contributed by atoms with Crippen molar-refractivity contribution in [3.05, 3.63) is 45.5 Å². The molecule has 0 unspecified atom stereocenters. The van der Waals surface area contributed by atoms with Crippen LogP contribution in [0, 0.1) is 10.1 Å². The van der Waals surface area contributed by atoms with E-state index >= 15 is 0 Å². The topological polar surface area (TPSA) is 60.2 Å². The Balaban J connectivity index is 2.28. The molecule has 1 aromatic rings. The molecule has 1 aliphatic rings. The van der Waals surface area contributed by atoms with Gasteiger partial charge in [-0.1, -0.05) is 12.1 Å². The molecule has 0 saturated heterocycles. The number of nitro benzene ring substituents is 1.